The molecule has 12 heteroatoms. The maximum absolute atomic E-state index is 12.5. The number of carboxylic acid groups (broad SMARTS) is 1. The van der Waals surface area contributed by atoms with Crippen LogP contribution in [0.2, 0.25) is 0 Å². The molecular weight excluding hydrogens is 396 g/mol. The SMILES string of the molecule is CCC(C)C(NC(=O)C(N)CC(N)=O)C(=O)NCC(=O)NC(CCCCN)C(=O)O. The topological polar surface area (TPSA) is 220 Å². The number of unbranched alkanes of at least 4 members (excludes halogenated alkanes) is 1. The second-order valence-corrected chi connectivity index (χ2v) is 7.11. The summed E-state index contributed by atoms with van der Waals surface area (Å²) in [6.07, 6.45) is 1.55. The zero-order valence-electron chi connectivity index (χ0n) is 17.5. The summed E-state index contributed by atoms with van der Waals surface area (Å²) in [6, 6.07) is -3.28. The number of rotatable bonds is 15. The van der Waals surface area contributed by atoms with Crippen LogP contribution in [-0.4, -0.2) is 65.9 Å². The van der Waals surface area contributed by atoms with Crippen LogP contribution in [0.25, 0.3) is 0 Å². The number of hydrogen-bond donors (Lipinski definition) is 7. The molecule has 0 aromatic carbocycles. The van der Waals surface area contributed by atoms with Gasteiger partial charge in [-0.1, -0.05) is 20.3 Å². The van der Waals surface area contributed by atoms with Crippen LogP contribution in [0.1, 0.15) is 46.0 Å². The number of aliphatic carboxylic acids is 1. The number of nitrogens with two attached hydrogens (primary N) is 3. The van der Waals surface area contributed by atoms with Crippen molar-refractivity contribution in [2.75, 3.05) is 13.1 Å². The molecular formula is C18H34N6O6. The lowest BCUT2D eigenvalue weighted by Crippen LogP contribution is -2.56. The summed E-state index contributed by atoms with van der Waals surface area (Å²) in [5.41, 5.74) is 16.0. The number of carbonyl (C=O) groups is 5. The van der Waals surface area contributed by atoms with Crippen molar-refractivity contribution in [1.29, 1.82) is 0 Å². The van der Waals surface area contributed by atoms with Gasteiger partial charge in [-0.2, -0.15) is 0 Å². The predicted octanol–water partition coefficient (Wildman–Crippen LogP) is -2.47. The van der Waals surface area contributed by atoms with E-state index >= 15 is 0 Å². The van der Waals surface area contributed by atoms with Crippen LogP contribution < -0.4 is 33.2 Å². The van der Waals surface area contributed by atoms with E-state index in [1.165, 1.54) is 0 Å². The van der Waals surface area contributed by atoms with Crippen LogP contribution >= 0.6 is 0 Å². The third kappa shape index (κ3) is 10.7. The molecule has 4 amide bonds. The Bertz CT molecular complexity index is 614. The number of amides is 4. The minimum absolute atomic E-state index is 0.218. The molecule has 0 aliphatic heterocycles. The molecule has 0 spiro atoms. The van der Waals surface area contributed by atoms with Gasteiger partial charge in [0, 0.05) is 0 Å². The summed E-state index contributed by atoms with van der Waals surface area (Å²) in [5, 5.41) is 16.4. The molecule has 10 N–H and O–H groups in total. The quantitative estimate of drug-likeness (QED) is 0.138. The monoisotopic (exact) mass is 430 g/mol. The summed E-state index contributed by atoms with van der Waals surface area (Å²) in [7, 11) is 0. The Balaban J connectivity index is 4.84. The van der Waals surface area contributed by atoms with E-state index in [1.54, 1.807) is 6.92 Å². The second-order valence-electron chi connectivity index (χ2n) is 7.11. The molecule has 0 aliphatic carbocycles. The molecule has 0 bridgehead atoms. The summed E-state index contributed by atoms with van der Waals surface area (Å²) in [4.78, 5) is 58.8. The first-order valence-corrected chi connectivity index (χ1v) is 9.87. The van der Waals surface area contributed by atoms with Gasteiger partial charge in [-0.05, 0) is 31.7 Å². The Morgan fingerprint density at radius 2 is 1.67 bits per heavy atom. The lowest BCUT2D eigenvalue weighted by molar-refractivity contribution is -0.142. The molecule has 4 atom stereocenters. The molecule has 0 saturated carbocycles. The lowest BCUT2D eigenvalue weighted by atomic mass is 9.97. The Labute approximate surface area is 175 Å². The molecule has 0 saturated heterocycles. The van der Waals surface area contributed by atoms with Crippen molar-refractivity contribution < 1.29 is 29.1 Å². The van der Waals surface area contributed by atoms with Gasteiger partial charge in [0.15, 0.2) is 0 Å². The number of carboxylic acids is 1. The number of primary amides is 1. The Kier molecular flexibility index (Phi) is 13.0. The van der Waals surface area contributed by atoms with Crippen LogP contribution in [0.15, 0.2) is 0 Å². The van der Waals surface area contributed by atoms with E-state index in [0.717, 1.165) is 0 Å². The normalized spacial score (nSPS) is 14.7. The maximum Gasteiger partial charge on any atom is 0.326 e. The predicted molar refractivity (Wildman–Crippen MR) is 109 cm³/mol. The average molecular weight is 431 g/mol. The molecule has 172 valence electrons. The standard InChI is InChI=1S/C18H34N6O6/c1-3-10(2)15(24-16(27)11(20)8-13(21)25)17(28)22-9-14(26)23-12(18(29)30)6-4-5-7-19/h10-12,15H,3-9,19-20H2,1-2H3,(H2,21,25)(H,22,28)(H,23,26)(H,24,27)(H,29,30). The van der Waals surface area contributed by atoms with E-state index in [4.69, 9.17) is 17.2 Å². The molecule has 12 nitrogen and oxygen atoms in total. The molecule has 0 fully saturated rings. The van der Waals surface area contributed by atoms with Crippen molar-refractivity contribution in [2.24, 2.45) is 23.1 Å². The van der Waals surface area contributed by atoms with Crippen molar-refractivity contribution in [3.8, 4) is 0 Å². The van der Waals surface area contributed by atoms with Gasteiger partial charge in [0.1, 0.15) is 12.1 Å². The fourth-order valence-electron chi connectivity index (χ4n) is 2.54. The highest BCUT2D eigenvalue weighted by Gasteiger charge is 2.29. The third-order valence-corrected chi connectivity index (χ3v) is 4.55. The van der Waals surface area contributed by atoms with Gasteiger partial charge in [0.25, 0.3) is 0 Å². The van der Waals surface area contributed by atoms with Crippen LogP contribution in [0.4, 0.5) is 0 Å². The smallest absolute Gasteiger partial charge is 0.326 e. The number of carbonyl (C=O) groups excluding carboxylic acids is 4. The average Bonchev–Trinajstić information content (AvgIpc) is 2.68. The molecule has 4 unspecified atom stereocenters. The molecule has 0 rings (SSSR count). The van der Waals surface area contributed by atoms with Crippen LogP contribution in [0.5, 0.6) is 0 Å². The molecule has 30 heavy (non-hydrogen) atoms. The second kappa shape index (κ2) is 14.3. The van der Waals surface area contributed by atoms with Gasteiger partial charge < -0.3 is 38.3 Å². The van der Waals surface area contributed by atoms with Gasteiger partial charge in [-0.3, -0.25) is 19.2 Å². The molecule has 0 heterocycles. The molecule has 0 aliphatic rings. The number of nitrogens with one attached hydrogen (secondary N) is 3. The first-order chi connectivity index (χ1) is 14.0. The van der Waals surface area contributed by atoms with E-state index in [-0.39, 0.29) is 18.8 Å². The van der Waals surface area contributed by atoms with Gasteiger partial charge in [0.2, 0.25) is 23.6 Å². The third-order valence-electron chi connectivity index (χ3n) is 4.55. The largest absolute Gasteiger partial charge is 0.480 e. The Morgan fingerprint density at radius 1 is 1.03 bits per heavy atom. The number of hydrogen-bond acceptors (Lipinski definition) is 7. The van der Waals surface area contributed by atoms with Crippen LogP contribution in [-0.2, 0) is 24.0 Å². The van der Waals surface area contributed by atoms with E-state index < -0.39 is 54.3 Å². The minimum Gasteiger partial charge on any atom is -0.480 e. The Morgan fingerprint density at radius 3 is 2.17 bits per heavy atom. The van der Waals surface area contributed by atoms with Gasteiger partial charge in [0.05, 0.1) is 19.0 Å². The minimum atomic E-state index is -1.20. The molecule has 0 radical (unpaired) electrons. The highest BCUT2D eigenvalue weighted by molar-refractivity contribution is 5.94. The van der Waals surface area contributed by atoms with Crippen molar-refractivity contribution in [2.45, 2.75) is 64.1 Å². The maximum atomic E-state index is 12.5. The summed E-state index contributed by atoms with van der Waals surface area (Å²) >= 11 is 0. The van der Waals surface area contributed by atoms with E-state index in [1.807, 2.05) is 6.92 Å². The van der Waals surface area contributed by atoms with E-state index in [2.05, 4.69) is 16.0 Å². The molecule has 0 aromatic rings. The lowest BCUT2D eigenvalue weighted by Gasteiger charge is -2.25. The van der Waals surface area contributed by atoms with Gasteiger partial charge in [-0.25, -0.2) is 4.79 Å². The fourth-order valence-corrected chi connectivity index (χ4v) is 2.54. The zero-order chi connectivity index (χ0) is 23.3. The van der Waals surface area contributed by atoms with Crippen molar-refractivity contribution in [3.63, 3.8) is 0 Å². The first-order valence-electron chi connectivity index (χ1n) is 9.87. The fraction of sp³-hybridized carbons (Fsp3) is 0.722. The highest BCUT2D eigenvalue weighted by atomic mass is 16.4. The van der Waals surface area contributed by atoms with Crippen molar-refractivity contribution in [3.05, 3.63) is 0 Å². The molecule has 0 aromatic heterocycles. The van der Waals surface area contributed by atoms with E-state index in [9.17, 15) is 29.1 Å². The van der Waals surface area contributed by atoms with Gasteiger partial charge in [-0.15, -0.1) is 0 Å². The van der Waals surface area contributed by atoms with E-state index in [0.29, 0.717) is 25.8 Å². The summed E-state index contributed by atoms with van der Waals surface area (Å²) in [5.74, 6) is -4.25. The summed E-state index contributed by atoms with van der Waals surface area (Å²) < 4.78 is 0. The zero-order valence-corrected chi connectivity index (χ0v) is 17.5. The van der Waals surface area contributed by atoms with Crippen LogP contribution in [0.3, 0.4) is 0 Å². The summed E-state index contributed by atoms with van der Waals surface area (Å²) in [6.45, 7) is 3.49. The van der Waals surface area contributed by atoms with Crippen molar-refractivity contribution in [1.82, 2.24) is 16.0 Å². The highest BCUT2D eigenvalue weighted by Crippen LogP contribution is 2.08. The van der Waals surface area contributed by atoms with Crippen molar-refractivity contribution >= 4 is 29.6 Å². The van der Waals surface area contributed by atoms with Gasteiger partial charge >= 0.3 is 5.97 Å². The van der Waals surface area contributed by atoms with Crippen LogP contribution in [0, 0.1) is 5.92 Å². The Hall–Kier alpha value is -2.73. The first kappa shape index (κ1) is 27.3.